The molecule has 0 aliphatic rings. The fraction of sp³-hybridized carbons (Fsp3) is 0.0714. The summed E-state index contributed by atoms with van der Waals surface area (Å²) in [6.45, 7) is 0. The van der Waals surface area contributed by atoms with Gasteiger partial charge in [0.25, 0.3) is 0 Å². The molecule has 0 aromatic heterocycles. The topological polar surface area (TPSA) is 66.9 Å². The third-order valence-corrected chi connectivity index (χ3v) is 2.82. The summed E-state index contributed by atoms with van der Waals surface area (Å²) in [4.78, 5) is 10.9. The number of nitriles is 1. The average Bonchev–Trinajstić information content (AvgIpc) is 2.42. The Bertz CT molecular complexity index is 549. The minimum Gasteiger partial charge on any atom is -0.262 e. The fourth-order valence-corrected chi connectivity index (χ4v) is 1.91. The highest BCUT2D eigenvalue weighted by Crippen LogP contribution is 2.32. The molecule has 0 aliphatic heterocycles. The lowest BCUT2D eigenvalue weighted by Crippen LogP contribution is -2.35. The van der Waals surface area contributed by atoms with Gasteiger partial charge in [-0.15, -0.1) is 0 Å². The van der Waals surface area contributed by atoms with Crippen LogP contribution in [0.2, 0.25) is 0 Å². The van der Waals surface area contributed by atoms with Crippen molar-refractivity contribution < 1.29 is 4.92 Å². The minimum atomic E-state index is -1.84. The summed E-state index contributed by atoms with van der Waals surface area (Å²) in [6, 6.07) is 18.5. The van der Waals surface area contributed by atoms with Gasteiger partial charge in [0.15, 0.2) is 6.07 Å². The minimum absolute atomic E-state index is 0.365. The van der Waals surface area contributed by atoms with Crippen molar-refractivity contribution in [2.24, 2.45) is 0 Å². The normalized spacial score (nSPS) is 10.6. The molecule has 0 bridgehead atoms. The molecular weight excluding hydrogens is 228 g/mol. The van der Waals surface area contributed by atoms with E-state index >= 15 is 0 Å². The van der Waals surface area contributed by atoms with E-state index in [0.29, 0.717) is 11.1 Å². The quantitative estimate of drug-likeness (QED) is 0.610. The largest absolute Gasteiger partial charge is 0.355 e. The Balaban J connectivity index is 2.71. The van der Waals surface area contributed by atoms with E-state index in [-0.39, 0.29) is 0 Å². The lowest BCUT2D eigenvalue weighted by molar-refractivity contribution is -0.548. The summed E-state index contributed by atoms with van der Waals surface area (Å²) in [5.41, 5.74) is -1.12. The first-order valence-corrected chi connectivity index (χ1v) is 5.38. The van der Waals surface area contributed by atoms with Gasteiger partial charge in [-0.05, 0) is 0 Å². The molecule has 0 N–H and O–H groups in total. The van der Waals surface area contributed by atoms with Gasteiger partial charge in [0.05, 0.1) is 4.92 Å². The van der Waals surface area contributed by atoms with Gasteiger partial charge in [-0.1, -0.05) is 60.7 Å². The summed E-state index contributed by atoms with van der Waals surface area (Å²) in [7, 11) is 0. The van der Waals surface area contributed by atoms with Crippen LogP contribution in [0, 0.1) is 21.4 Å². The Morgan fingerprint density at radius 2 is 1.33 bits per heavy atom. The van der Waals surface area contributed by atoms with Crippen LogP contribution in [0.5, 0.6) is 0 Å². The molecule has 0 unspecified atom stereocenters. The number of benzene rings is 2. The van der Waals surface area contributed by atoms with Gasteiger partial charge in [0.2, 0.25) is 0 Å². The van der Waals surface area contributed by atoms with Gasteiger partial charge in [0.1, 0.15) is 0 Å². The second kappa shape index (κ2) is 4.68. The molecule has 0 heterocycles. The summed E-state index contributed by atoms with van der Waals surface area (Å²) >= 11 is 0. The molecule has 0 amide bonds. The molecule has 0 atom stereocenters. The average molecular weight is 238 g/mol. The number of nitro groups is 1. The molecule has 0 fully saturated rings. The van der Waals surface area contributed by atoms with Crippen LogP contribution in [0.25, 0.3) is 0 Å². The predicted molar refractivity (Wildman–Crippen MR) is 66.3 cm³/mol. The van der Waals surface area contributed by atoms with Crippen molar-refractivity contribution in [2.75, 3.05) is 0 Å². The van der Waals surface area contributed by atoms with Crippen LogP contribution >= 0.6 is 0 Å². The maximum absolute atomic E-state index is 11.4. The second-order valence-electron chi connectivity index (χ2n) is 3.81. The van der Waals surface area contributed by atoms with Crippen LogP contribution in [0.1, 0.15) is 11.1 Å². The second-order valence-corrected chi connectivity index (χ2v) is 3.81. The van der Waals surface area contributed by atoms with Gasteiger partial charge in [-0.25, -0.2) is 0 Å². The monoisotopic (exact) mass is 238 g/mol. The van der Waals surface area contributed by atoms with Crippen molar-refractivity contribution in [3.63, 3.8) is 0 Å². The van der Waals surface area contributed by atoms with Crippen molar-refractivity contribution in [2.45, 2.75) is 5.54 Å². The van der Waals surface area contributed by atoms with E-state index in [9.17, 15) is 15.4 Å². The highest BCUT2D eigenvalue weighted by molar-refractivity contribution is 5.41. The Kier molecular flexibility index (Phi) is 3.07. The molecule has 0 radical (unpaired) electrons. The maximum Gasteiger partial charge on any atom is 0.355 e. The standard InChI is InChI=1S/C14H10N2O2/c15-11-14(16(17)18,12-7-3-1-4-8-12)13-9-5-2-6-10-13/h1-10H. The van der Waals surface area contributed by atoms with Crippen LogP contribution in [-0.4, -0.2) is 4.92 Å². The third-order valence-electron chi connectivity index (χ3n) is 2.82. The highest BCUT2D eigenvalue weighted by atomic mass is 16.6. The maximum atomic E-state index is 11.4. The Morgan fingerprint density at radius 1 is 0.944 bits per heavy atom. The van der Waals surface area contributed by atoms with Gasteiger partial charge >= 0.3 is 5.54 Å². The van der Waals surface area contributed by atoms with Crippen LogP contribution in [0.15, 0.2) is 60.7 Å². The van der Waals surface area contributed by atoms with E-state index in [1.54, 1.807) is 60.7 Å². The Labute approximate surface area is 104 Å². The summed E-state index contributed by atoms with van der Waals surface area (Å²) in [5, 5.41) is 20.8. The lowest BCUT2D eigenvalue weighted by atomic mass is 9.85. The molecule has 0 spiro atoms. The van der Waals surface area contributed by atoms with E-state index in [4.69, 9.17) is 0 Å². The first-order chi connectivity index (χ1) is 8.71. The van der Waals surface area contributed by atoms with Crippen molar-refractivity contribution >= 4 is 0 Å². The smallest absolute Gasteiger partial charge is 0.262 e. The van der Waals surface area contributed by atoms with Gasteiger partial charge in [-0.2, -0.15) is 5.26 Å². The summed E-state index contributed by atoms with van der Waals surface area (Å²) in [5.74, 6) is 0. The van der Waals surface area contributed by atoms with Gasteiger partial charge < -0.3 is 0 Å². The van der Waals surface area contributed by atoms with Crippen molar-refractivity contribution in [3.05, 3.63) is 81.9 Å². The van der Waals surface area contributed by atoms with E-state index < -0.39 is 10.5 Å². The van der Waals surface area contributed by atoms with E-state index in [0.717, 1.165) is 0 Å². The molecule has 0 aliphatic carbocycles. The predicted octanol–water partition coefficient (Wildman–Crippen LogP) is 2.73. The van der Waals surface area contributed by atoms with Gasteiger partial charge in [0, 0.05) is 11.1 Å². The van der Waals surface area contributed by atoms with E-state index in [2.05, 4.69) is 0 Å². The number of rotatable bonds is 3. The molecule has 0 saturated carbocycles. The number of hydrogen-bond donors (Lipinski definition) is 0. The van der Waals surface area contributed by atoms with E-state index in [1.807, 2.05) is 6.07 Å². The van der Waals surface area contributed by atoms with Gasteiger partial charge in [-0.3, -0.25) is 10.1 Å². The van der Waals surface area contributed by atoms with Crippen molar-refractivity contribution in [3.8, 4) is 6.07 Å². The number of hydrogen-bond acceptors (Lipinski definition) is 3. The molecular formula is C14H10N2O2. The summed E-state index contributed by atoms with van der Waals surface area (Å²) < 4.78 is 0. The molecule has 18 heavy (non-hydrogen) atoms. The Hall–Kier alpha value is -2.67. The van der Waals surface area contributed by atoms with Crippen LogP contribution in [0.3, 0.4) is 0 Å². The molecule has 2 rings (SSSR count). The molecule has 2 aromatic rings. The molecule has 2 aromatic carbocycles. The lowest BCUT2D eigenvalue weighted by Gasteiger charge is -2.18. The van der Waals surface area contributed by atoms with Crippen molar-refractivity contribution in [1.29, 1.82) is 5.26 Å². The molecule has 0 saturated heterocycles. The van der Waals surface area contributed by atoms with E-state index in [1.165, 1.54) is 0 Å². The van der Waals surface area contributed by atoms with Crippen LogP contribution in [-0.2, 0) is 5.54 Å². The van der Waals surface area contributed by atoms with Crippen LogP contribution in [0.4, 0.5) is 0 Å². The zero-order valence-electron chi connectivity index (χ0n) is 9.48. The zero-order chi connectivity index (χ0) is 13.0. The summed E-state index contributed by atoms with van der Waals surface area (Å²) in [6.07, 6.45) is 0. The SMILES string of the molecule is N#CC(c1ccccc1)(c1ccccc1)[N+](=O)[O-]. The molecule has 4 nitrogen and oxygen atoms in total. The molecule has 88 valence electrons. The first-order valence-electron chi connectivity index (χ1n) is 5.38. The Morgan fingerprint density at radius 3 is 1.61 bits per heavy atom. The third kappa shape index (κ3) is 1.72. The number of nitrogens with zero attached hydrogens (tertiary/aromatic N) is 2. The van der Waals surface area contributed by atoms with Crippen LogP contribution < -0.4 is 0 Å². The zero-order valence-corrected chi connectivity index (χ0v) is 9.48. The van der Waals surface area contributed by atoms with Crippen molar-refractivity contribution in [1.82, 2.24) is 0 Å². The highest BCUT2D eigenvalue weighted by Gasteiger charge is 2.47. The fourth-order valence-electron chi connectivity index (χ4n) is 1.91. The molecule has 4 heteroatoms. The first kappa shape index (κ1) is 11.8.